The lowest BCUT2D eigenvalue weighted by Gasteiger charge is -2.20. The molecule has 0 aromatic carbocycles. The smallest absolute Gasteiger partial charge is 0.135 e. The van der Waals surface area contributed by atoms with E-state index in [1.165, 1.54) is 25.9 Å². The Morgan fingerprint density at radius 3 is 2.00 bits per heavy atom. The van der Waals surface area contributed by atoms with E-state index in [0.717, 1.165) is 19.4 Å². The van der Waals surface area contributed by atoms with E-state index in [-0.39, 0.29) is 5.92 Å². The van der Waals surface area contributed by atoms with Crippen LogP contribution in [0.25, 0.3) is 0 Å². The molecule has 90 valence electrons. The molecule has 0 aliphatic heterocycles. The molecule has 0 aliphatic carbocycles. The highest BCUT2D eigenvalue weighted by Crippen LogP contribution is 2.04. The summed E-state index contributed by atoms with van der Waals surface area (Å²) in [6.45, 7) is 11.8. The van der Waals surface area contributed by atoms with E-state index in [0.29, 0.717) is 5.78 Å². The Kier molecular flexibility index (Phi) is 8.68. The van der Waals surface area contributed by atoms with Crippen molar-refractivity contribution in [3.8, 4) is 0 Å². The summed E-state index contributed by atoms with van der Waals surface area (Å²) < 4.78 is 0. The third-order valence-electron chi connectivity index (χ3n) is 2.62. The van der Waals surface area contributed by atoms with E-state index in [1.807, 2.05) is 13.8 Å². The second-order valence-electron chi connectivity index (χ2n) is 4.57. The van der Waals surface area contributed by atoms with Crippen LogP contribution in [0.1, 0.15) is 53.4 Å². The van der Waals surface area contributed by atoms with Gasteiger partial charge >= 0.3 is 0 Å². The number of Topliss-reactive ketones (excluding diaryl/α,β-unsaturated/α-hetero) is 1. The first kappa shape index (κ1) is 14.6. The summed E-state index contributed by atoms with van der Waals surface area (Å²) >= 11 is 0. The third-order valence-corrected chi connectivity index (χ3v) is 2.62. The lowest BCUT2D eigenvalue weighted by atomic mass is 10.0. The van der Waals surface area contributed by atoms with Crippen molar-refractivity contribution in [1.82, 2.24) is 4.90 Å². The van der Waals surface area contributed by atoms with Gasteiger partial charge in [0.05, 0.1) is 0 Å². The van der Waals surface area contributed by atoms with Crippen LogP contribution < -0.4 is 0 Å². The predicted molar refractivity (Wildman–Crippen MR) is 66.1 cm³/mol. The van der Waals surface area contributed by atoms with Gasteiger partial charge in [-0.3, -0.25) is 4.79 Å². The minimum atomic E-state index is 0.204. The SMILES string of the molecule is CCCN(CCC)CCCC(=O)C(C)C. The van der Waals surface area contributed by atoms with Gasteiger partial charge in [-0.1, -0.05) is 27.7 Å². The Balaban J connectivity index is 3.65. The molecule has 0 saturated carbocycles. The second-order valence-corrected chi connectivity index (χ2v) is 4.57. The van der Waals surface area contributed by atoms with Crippen molar-refractivity contribution in [1.29, 1.82) is 0 Å². The minimum Gasteiger partial charge on any atom is -0.303 e. The maximum Gasteiger partial charge on any atom is 0.135 e. The molecule has 0 aromatic rings. The second kappa shape index (κ2) is 8.90. The van der Waals surface area contributed by atoms with Crippen LogP contribution in [0.2, 0.25) is 0 Å². The average molecular weight is 213 g/mol. The number of hydrogen-bond acceptors (Lipinski definition) is 2. The molecule has 0 rings (SSSR count). The van der Waals surface area contributed by atoms with E-state index in [2.05, 4.69) is 18.7 Å². The standard InChI is InChI=1S/C13H27NO/c1-5-9-14(10-6-2)11-7-8-13(15)12(3)4/h12H,5-11H2,1-4H3. The molecule has 2 heteroatoms. The van der Waals surface area contributed by atoms with Gasteiger partial charge in [0.1, 0.15) is 5.78 Å². The van der Waals surface area contributed by atoms with Crippen LogP contribution in [-0.2, 0) is 4.79 Å². The molecule has 0 spiro atoms. The minimum absolute atomic E-state index is 0.204. The molecule has 0 bridgehead atoms. The highest BCUT2D eigenvalue weighted by molar-refractivity contribution is 5.80. The largest absolute Gasteiger partial charge is 0.303 e. The zero-order valence-corrected chi connectivity index (χ0v) is 10.9. The van der Waals surface area contributed by atoms with Crippen molar-refractivity contribution in [3.63, 3.8) is 0 Å². The highest BCUT2D eigenvalue weighted by atomic mass is 16.1. The molecule has 0 fully saturated rings. The lowest BCUT2D eigenvalue weighted by molar-refractivity contribution is -0.122. The Labute approximate surface area is 95.0 Å². The van der Waals surface area contributed by atoms with Crippen LogP contribution in [-0.4, -0.2) is 30.3 Å². The predicted octanol–water partition coefficient (Wildman–Crippen LogP) is 3.11. The van der Waals surface area contributed by atoms with Crippen LogP contribution in [0, 0.1) is 5.92 Å². The van der Waals surface area contributed by atoms with Crippen molar-refractivity contribution in [3.05, 3.63) is 0 Å². The summed E-state index contributed by atoms with van der Waals surface area (Å²) in [6, 6.07) is 0. The Bertz CT molecular complexity index is 160. The lowest BCUT2D eigenvalue weighted by Crippen LogP contribution is -2.27. The summed E-state index contributed by atoms with van der Waals surface area (Å²) in [5.74, 6) is 0.610. The number of rotatable bonds is 9. The van der Waals surface area contributed by atoms with Gasteiger partial charge in [-0.2, -0.15) is 0 Å². The summed E-state index contributed by atoms with van der Waals surface area (Å²) in [7, 11) is 0. The van der Waals surface area contributed by atoms with Crippen molar-refractivity contribution >= 4 is 5.78 Å². The monoisotopic (exact) mass is 213 g/mol. The molecule has 0 atom stereocenters. The van der Waals surface area contributed by atoms with E-state index < -0.39 is 0 Å². The molecule has 2 nitrogen and oxygen atoms in total. The maximum atomic E-state index is 11.4. The molecular weight excluding hydrogens is 186 g/mol. The molecule has 0 aromatic heterocycles. The van der Waals surface area contributed by atoms with E-state index in [4.69, 9.17) is 0 Å². The maximum absolute atomic E-state index is 11.4. The van der Waals surface area contributed by atoms with E-state index in [9.17, 15) is 4.79 Å². The topological polar surface area (TPSA) is 20.3 Å². The molecule has 0 N–H and O–H groups in total. The summed E-state index contributed by atoms with van der Waals surface area (Å²) in [5.41, 5.74) is 0. The third kappa shape index (κ3) is 7.55. The molecular formula is C13H27NO. The Morgan fingerprint density at radius 1 is 1.07 bits per heavy atom. The summed E-state index contributed by atoms with van der Waals surface area (Å²) in [5, 5.41) is 0. The fourth-order valence-corrected chi connectivity index (χ4v) is 1.73. The number of nitrogens with zero attached hydrogens (tertiary/aromatic N) is 1. The average Bonchev–Trinajstić information content (AvgIpc) is 2.18. The van der Waals surface area contributed by atoms with Crippen molar-refractivity contribution < 1.29 is 4.79 Å². The fourth-order valence-electron chi connectivity index (χ4n) is 1.73. The quantitative estimate of drug-likeness (QED) is 0.586. The van der Waals surface area contributed by atoms with Crippen molar-refractivity contribution in [2.24, 2.45) is 5.92 Å². The van der Waals surface area contributed by atoms with Gasteiger partial charge in [0.15, 0.2) is 0 Å². The van der Waals surface area contributed by atoms with Gasteiger partial charge in [0, 0.05) is 12.3 Å². The zero-order valence-electron chi connectivity index (χ0n) is 10.9. The van der Waals surface area contributed by atoms with E-state index >= 15 is 0 Å². The molecule has 0 amide bonds. The summed E-state index contributed by atoms with van der Waals surface area (Å²) in [4.78, 5) is 13.9. The van der Waals surface area contributed by atoms with Crippen molar-refractivity contribution in [2.45, 2.75) is 53.4 Å². The molecule has 15 heavy (non-hydrogen) atoms. The number of hydrogen-bond donors (Lipinski definition) is 0. The van der Waals surface area contributed by atoms with Crippen LogP contribution in [0.4, 0.5) is 0 Å². The van der Waals surface area contributed by atoms with Crippen LogP contribution in [0.3, 0.4) is 0 Å². The number of ketones is 1. The molecule has 0 saturated heterocycles. The zero-order chi connectivity index (χ0) is 11.7. The first-order valence-corrected chi connectivity index (χ1v) is 6.36. The van der Waals surface area contributed by atoms with Crippen molar-refractivity contribution in [2.75, 3.05) is 19.6 Å². The van der Waals surface area contributed by atoms with Gasteiger partial charge in [-0.25, -0.2) is 0 Å². The number of carbonyl (C=O) groups is 1. The van der Waals surface area contributed by atoms with E-state index in [1.54, 1.807) is 0 Å². The van der Waals surface area contributed by atoms with Crippen LogP contribution >= 0.6 is 0 Å². The molecule has 0 radical (unpaired) electrons. The Hall–Kier alpha value is -0.370. The van der Waals surface area contributed by atoms with Crippen LogP contribution in [0.15, 0.2) is 0 Å². The van der Waals surface area contributed by atoms with Gasteiger partial charge < -0.3 is 4.90 Å². The van der Waals surface area contributed by atoms with Gasteiger partial charge in [-0.05, 0) is 38.9 Å². The van der Waals surface area contributed by atoms with Gasteiger partial charge in [0.2, 0.25) is 0 Å². The Morgan fingerprint density at radius 2 is 1.60 bits per heavy atom. The van der Waals surface area contributed by atoms with Gasteiger partial charge in [0.25, 0.3) is 0 Å². The van der Waals surface area contributed by atoms with Crippen LogP contribution in [0.5, 0.6) is 0 Å². The molecule has 0 heterocycles. The highest BCUT2D eigenvalue weighted by Gasteiger charge is 2.08. The fraction of sp³-hybridized carbons (Fsp3) is 0.923. The molecule has 0 aliphatic rings. The van der Waals surface area contributed by atoms with Gasteiger partial charge in [-0.15, -0.1) is 0 Å². The normalized spacial score (nSPS) is 11.3. The molecule has 0 unspecified atom stereocenters. The first-order valence-electron chi connectivity index (χ1n) is 6.36. The summed E-state index contributed by atoms with van der Waals surface area (Å²) in [6.07, 6.45) is 4.19. The first-order chi connectivity index (χ1) is 7.11. The number of carbonyl (C=O) groups excluding carboxylic acids is 1.